The smallest absolute Gasteiger partial charge is 0.387 e. The van der Waals surface area contributed by atoms with E-state index in [1.54, 1.807) is 17.0 Å². The van der Waals surface area contributed by atoms with Crippen molar-refractivity contribution in [3.63, 3.8) is 0 Å². The molecule has 30 heavy (non-hydrogen) atoms. The lowest BCUT2D eigenvalue weighted by atomic mass is 9.84. The first-order valence-corrected chi connectivity index (χ1v) is 10.3. The molecule has 158 valence electrons. The first kappa shape index (κ1) is 20.3. The van der Waals surface area contributed by atoms with Crippen LogP contribution in [0.5, 0.6) is 5.75 Å². The number of ether oxygens (including phenoxy) is 1. The molecule has 2 aliphatic rings. The van der Waals surface area contributed by atoms with Gasteiger partial charge in [0.25, 0.3) is 5.91 Å². The summed E-state index contributed by atoms with van der Waals surface area (Å²) in [6.45, 7) is -2.90. The molecule has 5 nitrogen and oxygen atoms in total. The molecule has 1 N–H and O–H groups in total. The summed E-state index contributed by atoms with van der Waals surface area (Å²) in [6.07, 6.45) is 4.75. The number of carbonyl (C=O) groups excluding carboxylic acids is 2. The van der Waals surface area contributed by atoms with Gasteiger partial charge in [-0.2, -0.15) is 8.78 Å². The number of hydrogen-bond donors (Lipinski definition) is 1. The second-order valence-corrected chi connectivity index (χ2v) is 7.83. The van der Waals surface area contributed by atoms with E-state index in [0.717, 1.165) is 25.7 Å². The van der Waals surface area contributed by atoms with Gasteiger partial charge in [0, 0.05) is 17.3 Å². The highest BCUT2D eigenvalue weighted by molar-refractivity contribution is 6.01. The number of hydrogen-bond acceptors (Lipinski definition) is 3. The van der Waals surface area contributed by atoms with E-state index in [1.807, 2.05) is 18.2 Å². The Morgan fingerprint density at radius 2 is 1.70 bits per heavy atom. The van der Waals surface area contributed by atoms with Gasteiger partial charge >= 0.3 is 6.61 Å². The zero-order valence-corrected chi connectivity index (χ0v) is 16.5. The molecule has 1 aliphatic heterocycles. The zero-order valence-electron chi connectivity index (χ0n) is 16.5. The molecule has 1 saturated carbocycles. The van der Waals surface area contributed by atoms with E-state index in [1.165, 1.54) is 24.3 Å². The van der Waals surface area contributed by atoms with Crippen LogP contribution in [-0.2, 0) is 4.79 Å². The average molecular weight is 414 g/mol. The number of rotatable bonds is 5. The Hall–Kier alpha value is -2.96. The molecule has 1 heterocycles. The number of amides is 2. The lowest BCUT2D eigenvalue weighted by Gasteiger charge is -2.33. The second-order valence-electron chi connectivity index (χ2n) is 7.83. The Kier molecular flexibility index (Phi) is 5.97. The number of benzene rings is 2. The quantitative estimate of drug-likeness (QED) is 0.772. The lowest BCUT2D eigenvalue weighted by Crippen LogP contribution is -2.47. The van der Waals surface area contributed by atoms with E-state index in [4.69, 9.17) is 0 Å². The number of nitrogens with zero attached hydrogens (tertiary/aromatic N) is 1. The van der Waals surface area contributed by atoms with Gasteiger partial charge < -0.3 is 15.0 Å². The van der Waals surface area contributed by atoms with E-state index >= 15 is 0 Å². The summed E-state index contributed by atoms with van der Waals surface area (Å²) in [5, 5.41) is 2.83. The number of likely N-dealkylation sites (tertiary alicyclic amines) is 1. The summed E-state index contributed by atoms with van der Waals surface area (Å²) in [5.74, 6) is -0.0261. The Balaban J connectivity index is 1.53. The molecule has 1 aliphatic carbocycles. The average Bonchev–Trinajstić information content (AvgIpc) is 3.14. The first-order valence-electron chi connectivity index (χ1n) is 10.3. The molecule has 7 heteroatoms. The maximum atomic E-state index is 13.3. The van der Waals surface area contributed by atoms with Crippen LogP contribution in [0.4, 0.5) is 14.5 Å². The molecule has 2 fully saturated rings. The van der Waals surface area contributed by atoms with Gasteiger partial charge in [0.2, 0.25) is 5.91 Å². The number of fused-ring (bicyclic) bond motifs is 1. The van der Waals surface area contributed by atoms with E-state index < -0.39 is 12.7 Å². The van der Waals surface area contributed by atoms with Crippen LogP contribution in [-0.4, -0.2) is 35.4 Å². The van der Waals surface area contributed by atoms with Crippen LogP contribution in [0.1, 0.15) is 42.5 Å². The van der Waals surface area contributed by atoms with Crippen LogP contribution < -0.4 is 10.1 Å². The van der Waals surface area contributed by atoms with Crippen molar-refractivity contribution in [2.75, 3.05) is 5.32 Å². The number of halogens is 2. The van der Waals surface area contributed by atoms with E-state index in [0.29, 0.717) is 23.6 Å². The molecule has 3 atom stereocenters. The van der Waals surface area contributed by atoms with Gasteiger partial charge in [-0.25, -0.2) is 0 Å². The van der Waals surface area contributed by atoms with Crippen LogP contribution in [0.25, 0.3) is 0 Å². The molecule has 0 radical (unpaired) electrons. The van der Waals surface area contributed by atoms with Crippen LogP contribution in [0, 0.1) is 5.92 Å². The van der Waals surface area contributed by atoms with Gasteiger partial charge in [-0.05, 0) is 61.6 Å². The van der Waals surface area contributed by atoms with E-state index in [9.17, 15) is 18.4 Å². The van der Waals surface area contributed by atoms with Crippen molar-refractivity contribution in [2.24, 2.45) is 5.92 Å². The maximum absolute atomic E-state index is 13.3. The minimum Gasteiger partial charge on any atom is -0.435 e. The summed E-state index contributed by atoms with van der Waals surface area (Å²) >= 11 is 0. The second kappa shape index (κ2) is 8.81. The fraction of sp³-hybridized carbons (Fsp3) is 0.391. The molecule has 4 rings (SSSR count). The highest BCUT2D eigenvalue weighted by Gasteiger charge is 2.47. The van der Waals surface area contributed by atoms with E-state index in [2.05, 4.69) is 10.1 Å². The van der Waals surface area contributed by atoms with Crippen LogP contribution in [0.3, 0.4) is 0 Å². The first-order chi connectivity index (χ1) is 14.5. The molecule has 2 aromatic carbocycles. The van der Waals surface area contributed by atoms with Crippen molar-refractivity contribution < 1.29 is 23.1 Å². The number of alkyl halides is 2. The number of anilines is 1. The molecular formula is C23H24F2N2O3. The fourth-order valence-corrected chi connectivity index (χ4v) is 4.66. The third-order valence-corrected chi connectivity index (χ3v) is 5.99. The maximum Gasteiger partial charge on any atom is 0.387 e. The third kappa shape index (κ3) is 4.30. The monoisotopic (exact) mass is 414 g/mol. The molecule has 2 aromatic rings. The number of carbonyl (C=O) groups is 2. The van der Waals surface area contributed by atoms with Gasteiger partial charge in [0.15, 0.2) is 0 Å². The fourth-order valence-electron chi connectivity index (χ4n) is 4.66. The summed E-state index contributed by atoms with van der Waals surface area (Å²) in [7, 11) is 0. The van der Waals surface area contributed by atoms with Crippen LogP contribution in [0.15, 0.2) is 54.6 Å². The third-order valence-electron chi connectivity index (χ3n) is 5.99. The lowest BCUT2D eigenvalue weighted by molar-refractivity contribution is -0.120. The Morgan fingerprint density at radius 3 is 2.40 bits per heavy atom. The predicted molar refractivity (Wildman–Crippen MR) is 108 cm³/mol. The summed E-state index contributed by atoms with van der Waals surface area (Å²) in [5.41, 5.74) is 1.05. The van der Waals surface area contributed by atoms with Gasteiger partial charge in [-0.1, -0.05) is 31.0 Å². The van der Waals surface area contributed by atoms with Crippen molar-refractivity contribution in [2.45, 2.75) is 50.8 Å². The minimum atomic E-state index is -2.90. The molecule has 1 saturated heterocycles. The zero-order chi connectivity index (χ0) is 21.1. The van der Waals surface area contributed by atoms with Crippen molar-refractivity contribution in [3.05, 3.63) is 60.2 Å². The van der Waals surface area contributed by atoms with Crippen molar-refractivity contribution >= 4 is 17.5 Å². The highest BCUT2D eigenvalue weighted by Crippen LogP contribution is 2.40. The SMILES string of the molecule is O=C(Nc1ccc(OC(F)F)cc1)C1CC2CCCCC2N1C(=O)c1ccccc1. The molecule has 0 aromatic heterocycles. The predicted octanol–water partition coefficient (Wildman–Crippen LogP) is 4.70. The molecule has 0 spiro atoms. The Bertz CT molecular complexity index is 889. The van der Waals surface area contributed by atoms with Crippen molar-refractivity contribution in [1.29, 1.82) is 0 Å². The van der Waals surface area contributed by atoms with Gasteiger partial charge in [0.1, 0.15) is 11.8 Å². The molecule has 0 bridgehead atoms. The highest BCUT2D eigenvalue weighted by atomic mass is 19.3. The van der Waals surface area contributed by atoms with Crippen LogP contribution in [0.2, 0.25) is 0 Å². The normalized spacial score (nSPS) is 23.2. The number of nitrogens with one attached hydrogen (secondary N) is 1. The van der Waals surface area contributed by atoms with Crippen molar-refractivity contribution in [3.8, 4) is 5.75 Å². The van der Waals surface area contributed by atoms with E-state index in [-0.39, 0.29) is 23.6 Å². The molecular weight excluding hydrogens is 390 g/mol. The van der Waals surface area contributed by atoms with Gasteiger partial charge in [0.05, 0.1) is 0 Å². The largest absolute Gasteiger partial charge is 0.435 e. The van der Waals surface area contributed by atoms with Crippen LogP contribution >= 0.6 is 0 Å². The standard InChI is InChI=1S/C23H24F2N2O3/c24-23(25)30-18-12-10-17(11-13-18)26-21(28)20-14-16-8-4-5-9-19(16)27(20)22(29)15-6-2-1-3-7-15/h1-3,6-7,10-13,16,19-20,23H,4-5,8-9,14H2,(H,26,28). The summed E-state index contributed by atoms with van der Waals surface area (Å²) in [4.78, 5) is 28.2. The van der Waals surface area contributed by atoms with Gasteiger partial charge in [-0.15, -0.1) is 0 Å². The minimum absolute atomic E-state index is 0.0239. The van der Waals surface area contributed by atoms with Crippen molar-refractivity contribution in [1.82, 2.24) is 4.90 Å². The Morgan fingerprint density at radius 1 is 1.00 bits per heavy atom. The molecule has 3 unspecified atom stereocenters. The molecule has 2 amide bonds. The topological polar surface area (TPSA) is 58.6 Å². The Labute approximate surface area is 174 Å². The summed E-state index contributed by atoms with van der Waals surface area (Å²) < 4.78 is 29.0. The van der Waals surface area contributed by atoms with Gasteiger partial charge in [-0.3, -0.25) is 9.59 Å². The summed E-state index contributed by atoms with van der Waals surface area (Å²) in [6, 6.07) is 14.3.